The summed E-state index contributed by atoms with van der Waals surface area (Å²) in [6.45, 7) is 0.815. The molecule has 1 rings (SSSR count). The summed E-state index contributed by atoms with van der Waals surface area (Å²) in [4.78, 5) is 1.96. The fourth-order valence-electron chi connectivity index (χ4n) is 1.25. The minimum Gasteiger partial charge on any atom is -0.494 e. The molecule has 1 aromatic carbocycles. The van der Waals surface area contributed by atoms with Crippen LogP contribution in [0.3, 0.4) is 0 Å². The van der Waals surface area contributed by atoms with Crippen LogP contribution in [-0.2, 0) is 6.42 Å². The zero-order chi connectivity index (χ0) is 11.3. The molecule has 0 fully saturated rings. The molecule has 0 unspecified atom stereocenters. The first-order valence-electron chi connectivity index (χ1n) is 4.74. The normalized spacial score (nSPS) is 10.7. The van der Waals surface area contributed by atoms with E-state index in [0.29, 0.717) is 6.00 Å². The van der Waals surface area contributed by atoms with Gasteiger partial charge in [-0.25, -0.2) is 4.39 Å². The Kier molecular flexibility index (Phi) is 4.85. The van der Waals surface area contributed by atoms with Gasteiger partial charge in [0.15, 0.2) is 11.6 Å². The topological polar surface area (TPSA) is 12.5 Å². The number of halogens is 2. The van der Waals surface area contributed by atoms with Crippen LogP contribution in [0.5, 0.6) is 5.75 Å². The fourth-order valence-corrected chi connectivity index (χ4v) is 1.36. The summed E-state index contributed by atoms with van der Waals surface area (Å²) in [6.07, 6.45) is 0.782. The molecule has 2 nitrogen and oxygen atoms in total. The molecule has 0 aromatic heterocycles. The molecule has 0 N–H and O–H groups in total. The number of methoxy groups -OCH3 is 1. The molecular weight excluding hydrogens is 217 g/mol. The number of benzene rings is 1. The van der Waals surface area contributed by atoms with E-state index in [1.165, 1.54) is 13.2 Å². The summed E-state index contributed by atoms with van der Waals surface area (Å²) >= 11 is 5.63. The van der Waals surface area contributed by atoms with Gasteiger partial charge in [-0.2, -0.15) is 0 Å². The fraction of sp³-hybridized carbons (Fsp3) is 0.455. The maximum Gasteiger partial charge on any atom is 0.165 e. The van der Waals surface area contributed by atoms with Gasteiger partial charge in [-0.1, -0.05) is 6.07 Å². The van der Waals surface area contributed by atoms with Crippen molar-refractivity contribution in [1.29, 1.82) is 0 Å². The van der Waals surface area contributed by atoms with Crippen molar-refractivity contribution in [3.05, 3.63) is 29.6 Å². The van der Waals surface area contributed by atoms with Crippen molar-refractivity contribution in [3.8, 4) is 5.75 Å². The largest absolute Gasteiger partial charge is 0.494 e. The quantitative estimate of drug-likeness (QED) is 0.570. The first-order valence-corrected chi connectivity index (χ1v) is 5.27. The number of hydrogen-bond donors (Lipinski definition) is 0. The Morgan fingerprint density at radius 3 is 2.73 bits per heavy atom. The van der Waals surface area contributed by atoms with Crippen molar-refractivity contribution in [2.75, 3.05) is 26.7 Å². The molecule has 0 aliphatic rings. The summed E-state index contributed by atoms with van der Waals surface area (Å²) in [5.74, 6) is -0.0343. The predicted molar refractivity (Wildman–Crippen MR) is 60.0 cm³/mol. The van der Waals surface area contributed by atoms with Crippen LogP contribution in [0.1, 0.15) is 5.56 Å². The highest BCUT2D eigenvalue weighted by molar-refractivity contribution is 6.17. The van der Waals surface area contributed by atoms with Crippen molar-refractivity contribution < 1.29 is 9.13 Å². The lowest BCUT2D eigenvalue weighted by molar-refractivity contribution is 0.383. The van der Waals surface area contributed by atoms with Crippen molar-refractivity contribution in [2.45, 2.75) is 6.42 Å². The van der Waals surface area contributed by atoms with Gasteiger partial charge in [0.1, 0.15) is 0 Å². The summed E-state index contributed by atoms with van der Waals surface area (Å²) < 4.78 is 18.1. The monoisotopic (exact) mass is 231 g/mol. The molecule has 0 heterocycles. The van der Waals surface area contributed by atoms with E-state index in [9.17, 15) is 4.39 Å². The molecule has 0 aliphatic carbocycles. The minimum atomic E-state index is -0.316. The Labute approximate surface area is 94.6 Å². The summed E-state index contributed by atoms with van der Waals surface area (Å²) in [5.41, 5.74) is 0.949. The second-order valence-electron chi connectivity index (χ2n) is 3.42. The molecule has 84 valence electrons. The number of rotatable bonds is 5. The summed E-state index contributed by atoms with van der Waals surface area (Å²) in [5, 5.41) is 0. The third kappa shape index (κ3) is 3.68. The van der Waals surface area contributed by atoms with Crippen LogP contribution in [0, 0.1) is 5.82 Å². The molecule has 0 amide bonds. The van der Waals surface area contributed by atoms with Gasteiger partial charge in [0, 0.05) is 6.54 Å². The average molecular weight is 232 g/mol. The van der Waals surface area contributed by atoms with Crippen LogP contribution >= 0.6 is 11.6 Å². The Hall–Kier alpha value is -0.800. The van der Waals surface area contributed by atoms with Gasteiger partial charge in [0.05, 0.1) is 13.1 Å². The maximum absolute atomic E-state index is 13.3. The lowest BCUT2D eigenvalue weighted by atomic mass is 10.1. The number of nitrogens with zero attached hydrogens (tertiary/aromatic N) is 1. The molecule has 0 aliphatic heterocycles. The van der Waals surface area contributed by atoms with E-state index >= 15 is 0 Å². The molecule has 1 aromatic rings. The first kappa shape index (κ1) is 12.3. The highest BCUT2D eigenvalue weighted by atomic mass is 35.5. The van der Waals surface area contributed by atoms with Crippen molar-refractivity contribution >= 4 is 11.6 Å². The Morgan fingerprint density at radius 2 is 2.20 bits per heavy atom. The molecule has 0 radical (unpaired) electrons. The third-order valence-corrected chi connectivity index (χ3v) is 2.61. The molecule has 0 saturated heterocycles. The Morgan fingerprint density at radius 1 is 1.47 bits per heavy atom. The second-order valence-corrected chi connectivity index (χ2v) is 3.66. The van der Waals surface area contributed by atoms with E-state index in [-0.39, 0.29) is 11.6 Å². The van der Waals surface area contributed by atoms with Gasteiger partial charge in [-0.05, 0) is 31.2 Å². The highest BCUT2D eigenvalue weighted by Crippen LogP contribution is 2.17. The van der Waals surface area contributed by atoms with Crippen molar-refractivity contribution in [3.63, 3.8) is 0 Å². The van der Waals surface area contributed by atoms with E-state index in [0.717, 1.165) is 18.5 Å². The SMILES string of the molecule is COc1ccc(CCN(C)CCl)cc1F. The number of alkyl halides is 1. The van der Waals surface area contributed by atoms with Crippen LogP contribution in [-0.4, -0.2) is 31.6 Å². The predicted octanol–water partition coefficient (Wildman–Crippen LogP) is 2.50. The third-order valence-electron chi connectivity index (χ3n) is 2.20. The van der Waals surface area contributed by atoms with Crippen LogP contribution in [0.25, 0.3) is 0 Å². The summed E-state index contributed by atoms with van der Waals surface area (Å²) in [7, 11) is 3.38. The smallest absolute Gasteiger partial charge is 0.165 e. The van der Waals surface area contributed by atoms with Crippen molar-refractivity contribution in [1.82, 2.24) is 4.90 Å². The molecular formula is C11H15ClFNO. The van der Waals surface area contributed by atoms with Gasteiger partial charge in [0.25, 0.3) is 0 Å². The van der Waals surface area contributed by atoms with Crippen LogP contribution < -0.4 is 4.74 Å². The zero-order valence-corrected chi connectivity index (χ0v) is 9.72. The second kappa shape index (κ2) is 5.93. The molecule has 0 atom stereocenters. The van der Waals surface area contributed by atoms with E-state index in [1.807, 2.05) is 18.0 Å². The molecule has 0 spiro atoms. The van der Waals surface area contributed by atoms with Gasteiger partial charge >= 0.3 is 0 Å². The zero-order valence-electron chi connectivity index (χ0n) is 8.96. The highest BCUT2D eigenvalue weighted by Gasteiger charge is 2.04. The van der Waals surface area contributed by atoms with Crippen LogP contribution in [0.2, 0.25) is 0 Å². The van der Waals surface area contributed by atoms with Gasteiger partial charge < -0.3 is 4.74 Å². The van der Waals surface area contributed by atoms with Gasteiger partial charge in [0.2, 0.25) is 0 Å². The molecule has 0 saturated carbocycles. The molecule has 0 bridgehead atoms. The molecule has 4 heteroatoms. The lowest BCUT2D eigenvalue weighted by Crippen LogP contribution is -2.19. The minimum absolute atomic E-state index is 0.282. The number of likely N-dealkylation sites (N-methyl/N-ethyl adjacent to an activating group) is 1. The van der Waals surface area contributed by atoms with Crippen LogP contribution in [0.4, 0.5) is 4.39 Å². The van der Waals surface area contributed by atoms with E-state index in [4.69, 9.17) is 16.3 Å². The first-order chi connectivity index (χ1) is 7.17. The molecule has 15 heavy (non-hydrogen) atoms. The van der Waals surface area contributed by atoms with Crippen LogP contribution in [0.15, 0.2) is 18.2 Å². The van der Waals surface area contributed by atoms with Gasteiger partial charge in [-0.3, -0.25) is 4.90 Å². The number of ether oxygens (including phenoxy) is 1. The van der Waals surface area contributed by atoms with Crippen molar-refractivity contribution in [2.24, 2.45) is 0 Å². The number of hydrogen-bond acceptors (Lipinski definition) is 2. The summed E-state index contributed by atoms with van der Waals surface area (Å²) in [6, 6.07) is 5.49. The Balaban J connectivity index is 2.59. The van der Waals surface area contributed by atoms with E-state index in [2.05, 4.69) is 0 Å². The maximum atomic E-state index is 13.3. The Bertz CT molecular complexity index is 319. The van der Waals surface area contributed by atoms with Gasteiger partial charge in [-0.15, -0.1) is 11.6 Å². The standard InChI is InChI=1S/C11H15ClFNO/c1-14(8-12)6-5-9-3-4-11(15-2)10(13)7-9/h3-4,7H,5-6,8H2,1-2H3. The van der Waals surface area contributed by atoms with E-state index in [1.54, 1.807) is 6.07 Å². The van der Waals surface area contributed by atoms with E-state index < -0.39 is 0 Å². The lowest BCUT2D eigenvalue weighted by Gasteiger charge is -2.12. The average Bonchev–Trinajstić information content (AvgIpc) is 2.26.